The average Bonchev–Trinajstić information content (AvgIpc) is 2.45. The summed E-state index contributed by atoms with van der Waals surface area (Å²) in [5.41, 5.74) is 2.70. The smallest absolute Gasteiger partial charge is 0.332 e. The number of benzene rings is 1. The number of hydrogen-bond donors (Lipinski definition) is 0. The Morgan fingerprint density at radius 2 is 2.20 bits per heavy atom. The van der Waals surface area contributed by atoms with E-state index in [1.807, 2.05) is 0 Å². The van der Waals surface area contributed by atoms with E-state index in [1.54, 1.807) is 6.92 Å². The van der Waals surface area contributed by atoms with Gasteiger partial charge in [-0.25, -0.2) is 4.79 Å². The van der Waals surface area contributed by atoms with Crippen molar-refractivity contribution in [1.29, 1.82) is 0 Å². The summed E-state index contributed by atoms with van der Waals surface area (Å²) in [6, 6.07) is 9.02. The SMILES string of the molecule is CCOC(=O)COCCN1c2ccccc2CCC1C. The van der Waals surface area contributed by atoms with Gasteiger partial charge in [0.2, 0.25) is 0 Å². The zero-order chi connectivity index (χ0) is 14.4. The van der Waals surface area contributed by atoms with Crippen molar-refractivity contribution in [2.75, 3.05) is 31.3 Å². The highest BCUT2D eigenvalue weighted by atomic mass is 16.6. The second-order valence-electron chi connectivity index (χ2n) is 5.07. The van der Waals surface area contributed by atoms with E-state index in [-0.39, 0.29) is 12.6 Å². The van der Waals surface area contributed by atoms with Crippen LogP contribution in [0.25, 0.3) is 0 Å². The Morgan fingerprint density at radius 1 is 1.40 bits per heavy atom. The van der Waals surface area contributed by atoms with Gasteiger partial charge in [-0.3, -0.25) is 0 Å². The molecule has 1 heterocycles. The molecule has 1 aromatic rings. The molecule has 1 atom stereocenters. The average molecular weight is 277 g/mol. The number of carbonyl (C=O) groups excluding carboxylic acids is 1. The van der Waals surface area contributed by atoms with E-state index in [9.17, 15) is 4.79 Å². The number of anilines is 1. The largest absolute Gasteiger partial charge is 0.464 e. The number of ether oxygens (including phenoxy) is 2. The molecule has 4 heteroatoms. The van der Waals surface area contributed by atoms with Gasteiger partial charge in [0, 0.05) is 18.3 Å². The molecule has 1 aromatic carbocycles. The monoisotopic (exact) mass is 277 g/mol. The van der Waals surface area contributed by atoms with Crippen molar-refractivity contribution >= 4 is 11.7 Å². The quantitative estimate of drug-likeness (QED) is 0.591. The summed E-state index contributed by atoms with van der Waals surface area (Å²) in [5, 5.41) is 0. The normalized spacial score (nSPS) is 17.7. The van der Waals surface area contributed by atoms with Crippen molar-refractivity contribution in [3.8, 4) is 0 Å². The van der Waals surface area contributed by atoms with E-state index in [0.29, 0.717) is 19.3 Å². The molecular weight excluding hydrogens is 254 g/mol. The van der Waals surface area contributed by atoms with E-state index >= 15 is 0 Å². The standard InChI is InChI=1S/C16H23NO3/c1-3-20-16(18)12-19-11-10-17-13(2)8-9-14-6-4-5-7-15(14)17/h4-7,13H,3,8-12H2,1-2H3. The highest BCUT2D eigenvalue weighted by Gasteiger charge is 2.22. The van der Waals surface area contributed by atoms with Crippen LogP contribution in [0.1, 0.15) is 25.8 Å². The number of para-hydroxylation sites is 1. The lowest BCUT2D eigenvalue weighted by atomic mass is 9.97. The van der Waals surface area contributed by atoms with Crippen molar-refractivity contribution in [3.05, 3.63) is 29.8 Å². The molecule has 0 fully saturated rings. The van der Waals surface area contributed by atoms with Gasteiger partial charge in [0.15, 0.2) is 0 Å². The van der Waals surface area contributed by atoms with E-state index in [0.717, 1.165) is 19.4 Å². The second-order valence-corrected chi connectivity index (χ2v) is 5.07. The molecule has 0 aromatic heterocycles. The number of fused-ring (bicyclic) bond motifs is 1. The van der Waals surface area contributed by atoms with Crippen LogP contribution in [0, 0.1) is 0 Å². The van der Waals surface area contributed by atoms with Gasteiger partial charge in [-0.2, -0.15) is 0 Å². The zero-order valence-electron chi connectivity index (χ0n) is 12.3. The predicted molar refractivity (Wildman–Crippen MR) is 79.0 cm³/mol. The molecule has 0 radical (unpaired) electrons. The van der Waals surface area contributed by atoms with Crippen LogP contribution < -0.4 is 4.90 Å². The van der Waals surface area contributed by atoms with Crippen LogP contribution in [0.3, 0.4) is 0 Å². The van der Waals surface area contributed by atoms with E-state index in [4.69, 9.17) is 9.47 Å². The van der Waals surface area contributed by atoms with Crippen LogP contribution in [-0.4, -0.2) is 38.4 Å². The number of nitrogens with zero attached hydrogens (tertiary/aromatic N) is 1. The van der Waals surface area contributed by atoms with Gasteiger partial charge in [0.25, 0.3) is 0 Å². The Kier molecular flexibility index (Phi) is 5.41. The third kappa shape index (κ3) is 3.73. The van der Waals surface area contributed by atoms with Gasteiger partial charge in [0.05, 0.1) is 13.2 Å². The molecule has 1 unspecified atom stereocenters. The fourth-order valence-electron chi connectivity index (χ4n) is 2.62. The van der Waals surface area contributed by atoms with E-state index in [1.165, 1.54) is 11.3 Å². The van der Waals surface area contributed by atoms with Crippen molar-refractivity contribution in [2.24, 2.45) is 0 Å². The minimum absolute atomic E-state index is 0.0394. The van der Waals surface area contributed by atoms with Gasteiger partial charge < -0.3 is 14.4 Å². The lowest BCUT2D eigenvalue weighted by Gasteiger charge is -2.37. The van der Waals surface area contributed by atoms with Crippen LogP contribution in [0.4, 0.5) is 5.69 Å². The van der Waals surface area contributed by atoms with Gasteiger partial charge in [-0.05, 0) is 38.3 Å². The predicted octanol–water partition coefficient (Wildman–Crippen LogP) is 2.41. The Labute approximate surface area is 120 Å². The fraction of sp³-hybridized carbons (Fsp3) is 0.562. The Hall–Kier alpha value is -1.55. The maximum atomic E-state index is 11.2. The first-order chi connectivity index (χ1) is 9.72. The zero-order valence-corrected chi connectivity index (χ0v) is 12.3. The van der Waals surface area contributed by atoms with Crippen LogP contribution in [-0.2, 0) is 20.7 Å². The first-order valence-electron chi connectivity index (χ1n) is 7.30. The molecule has 1 aliphatic heterocycles. The van der Waals surface area contributed by atoms with Gasteiger partial charge in [0.1, 0.15) is 6.61 Å². The molecule has 0 N–H and O–H groups in total. The number of hydrogen-bond acceptors (Lipinski definition) is 4. The van der Waals surface area contributed by atoms with Crippen LogP contribution in [0.2, 0.25) is 0 Å². The molecule has 0 bridgehead atoms. The number of rotatable bonds is 6. The summed E-state index contributed by atoms with van der Waals surface area (Å²) in [6.07, 6.45) is 2.30. The van der Waals surface area contributed by atoms with Crippen molar-refractivity contribution in [1.82, 2.24) is 0 Å². The van der Waals surface area contributed by atoms with Crippen molar-refractivity contribution in [3.63, 3.8) is 0 Å². The van der Waals surface area contributed by atoms with Gasteiger partial charge >= 0.3 is 5.97 Å². The Balaban J connectivity index is 1.85. The first kappa shape index (κ1) is 14.9. The highest BCUT2D eigenvalue weighted by molar-refractivity contribution is 5.70. The van der Waals surface area contributed by atoms with Crippen LogP contribution in [0.5, 0.6) is 0 Å². The summed E-state index contributed by atoms with van der Waals surface area (Å²) in [6.45, 7) is 5.82. The van der Waals surface area contributed by atoms with Gasteiger partial charge in [-0.15, -0.1) is 0 Å². The van der Waals surface area contributed by atoms with E-state index < -0.39 is 0 Å². The molecule has 110 valence electrons. The molecule has 0 saturated carbocycles. The third-order valence-electron chi connectivity index (χ3n) is 3.67. The van der Waals surface area contributed by atoms with E-state index in [2.05, 4.69) is 36.1 Å². The summed E-state index contributed by atoms with van der Waals surface area (Å²) in [4.78, 5) is 13.6. The van der Waals surface area contributed by atoms with Gasteiger partial charge in [-0.1, -0.05) is 18.2 Å². The third-order valence-corrected chi connectivity index (χ3v) is 3.67. The first-order valence-corrected chi connectivity index (χ1v) is 7.30. The molecule has 0 saturated heterocycles. The second kappa shape index (κ2) is 7.29. The molecule has 4 nitrogen and oxygen atoms in total. The molecule has 0 spiro atoms. The fourth-order valence-corrected chi connectivity index (χ4v) is 2.62. The molecule has 1 aliphatic rings. The minimum atomic E-state index is -0.292. The molecule has 20 heavy (non-hydrogen) atoms. The maximum absolute atomic E-state index is 11.2. The topological polar surface area (TPSA) is 38.8 Å². The minimum Gasteiger partial charge on any atom is -0.464 e. The Bertz CT molecular complexity index is 447. The molecule has 0 aliphatic carbocycles. The molecule has 2 rings (SSSR count). The van der Waals surface area contributed by atoms with Crippen LogP contribution in [0.15, 0.2) is 24.3 Å². The lowest BCUT2D eigenvalue weighted by Crippen LogP contribution is -2.39. The number of carbonyl (C=O) groups is 1. The highest BCUT2D eigenvalue weighted by Crippen LogP contribution is 2.29. The summed E-state index contributed by atoms with van der Waals surface area (Å²) in [7, 11) is 0. The summed E-state index contributed by atoms with van der Waals surface area (Å²) < 4.78 is 10.2. The lowest BCUT2D eigenvalue weighted by molar-refractivity contribution is -0.148. The maximum Gasteiger partial charge on any atom is 0.332 e. The van der Waals surface area contributed by atoms with Crippen molar-refractivity contribution in [2.45, 2.75) is 32.7 Å². The number of aryl methyl sites for hydroxylation is 1. The van der Waals surface area contributed by atoms with Crippen molar-refractivity contribution < 1.29 is 14.3 Å². The summed E-state index contributed by atoms with van der Waals surface area (Å²) >= 11 is 0. The molecule has 0 amide bonds. The Morgan fingerprint density at radius 3 is 3.00 bits per heavy atom. The van der Waals surface area contributed by atoms with Crippen LogP contribution >= 0.6 is 0 Å². The number of esters is 1. The summed E-state index contributed by atoms with van der Waals surface area (Å²) in [5.74, 6) is -0.292. The molecular formula is C16H23NO3.